The van der Waals surface area contributed by atoms with Crippen LogP contribution in [0.5, 0.6) is 17.2 Å². The number of unbranched alkanes of at least 4 members (excludes halogenated alkanes) is 1. The van der Waals surface area contributed by atoms with Gasteiger partial charge in [-0.2, -0.15) is 5.10 Å². The predicted octanol–water partition coefficient (Wildman–Crippen LogP) is 4.37. The number of carbonyl (C=O) groups excluding carboxylic acids is 3. The van der Waals surface area contributed by atoms with Gasteiger partial charge in [-0.15, -0.1) is 0 Å². The number of esters is 1. The van der Waals surface area contributed by atoms with Crippen LogP contribution in [0.4, 0.5) is 0 Å². The van der Waals surface area contributed by atoms with Gasteiger partial charge >= 0.3 is 5.97 Å². The number of benzene rings is 3. The largest absolute Gasteiger partial charge is 0.494 e. The zero-order valence-electron chi connectivity index (χ0n) is 21.9. The first-order chi connectivity index (χ1) is 19.0. The number of hydrogen-bond donors (Lipinski definition) is 2. The van der Waals surface area contributed by atoms with Crippen LogP contribution in [0.3, 0.4) is 0 Å². The number of amides is 2. The molecule has 3 rings (SSSR count). The van der Waals surface area contributed by atoms with Crippen LogP contribution >= 0.6 is 0 Å². The zero-order chi connectivity index (χ0) is 27.9. The van der Waals surface area contributed by atoms with Crippen molar-refractivity contribution in [1.29, 1.82) is 0 Å². The first-order valence-corrected chi connectivity index (χ1v) is 12.4. The second kappa shape index (κ2) is 15.4. The summed E-state index contributed by atoms with van der Waals surface area (Å²) in [5, 5.41) is 6.45. The Hall–Kier alpha value is -4.92. The summed E-state index contributed by atoms with van der Waals surface area (Å²) in [5.74, 6) is -0.186. The molecule has 0 saturated heterocycles. The molecule has 3 aromatic rings. The minimum absolute atomic E-state index is 0.240. The van der Waals surface area contributed by atoms with Gasteiger partial charge in [0.2, 0.25) is 0 Å². The summed E-state index contributed by atoms with van der Waals surface area (Å²) >= 11 is 0. The van der Waals surface area contributed by atoms with Gasteiger partial charge in [0, 0.05) is 11.6 Å². The molecule has 39 heavy (non-hydrogen) atoms. The predicted molar refractivity (Wildman–Crippen MR) is 149 cm³/mol. The van der Waals surface area contributed by atoms with Crippen molar-refractivity contribution in [3.63, 3.8) is 0 Å². The van der Waals surface area contributed by atoms with Crippen LogP contribution in [-0.4, -0.2) is 44.3 Å². The van der Waals surface area contributed by atoms with Crippen LogP contribution in [0.15, 0.2) is 84.0 Å². The number of hydrogen-bond acceptors (Lipinski definition) is 7. The highest BCUT2D eigenvalue weighted by molar-refractivity contribution is 5.96. The van der Waals surface area contributed by atoms with Gasteiger partial charge in [0.1, 0.15) is 5.75 Å². The highest BCUT2D eigenvalue weighted by Gasteiger charge is 2.10. The number of nitrogens with one attached hydrogen (secondary N) is 2. The molecule has 202 valence electrons. The highest BCUT2D eigenvalue weighted by Crippen LogP contribution is 2.27. The third kappa shape index (κ3) is 9.81. The van der Waals surface area contributed by atoms with E-state index < -0.39 is 11.9 Å². The van der Waals surface area contributed by atoms with E-state index in [1.165, 1.54) is 19.4 Å². The summed E-state index contributed by atoms with van der Waals surface area (Å²) < 4.78 is 16.3. The summed E-state index contributed by atoms with van der Waals surface area (Å²) in [4.78, 5) is 36.5. The monoisotopic (exact) mass is 529 g/mol. The van der Waals surface area contributed by atoms with E-state index in [-0.39, 0.29) is 18.2 Å². The van der Waals surface area contributed by atoms with Crippen molar-refractivity contribution in [1.82, 2.24) is 10.7 Å². The van der Waals surface area contributed by atoms with E-state index in [9.17, 15) is 14.4 Å². The smallest absolute Gasteiger partial charge is 0.336 e. The van der Waals surface area contributed by atoms with Gasteiger partial charge in [0.15, 0.2) is 11.5 Å². The molecule has 3 aromatic carbocycles. The third-order valence-corrected chi connectivity index (χ3v) is 5.31. The molecule has 0 radical (unpaired) electrons. The second-order valence-electron chi connectivity index (χ2n) is 8.28. The maximum atomic E-state index is 12.3. The topological polar surface area (TPSA) is 115 Å². The Kier molecular flexibility index (Phi) is 11.3. The Morgan fingerprint density at radius 3 is 2.41 bits per heavy atom. The van der Waals surface area contributed by atoms with E-state index in [0.29, 0.717) is 29.2 Å². The van der Waals surface area contributed by atoms with Gasteiger partial charge in [0.05, 0.1) is 26.5 Å². The Morgan fingerprint density at radius 2 is 1.69 bits per heavy atom. The SMILES string of the molecule is CCCCOc1ccc(C(=O)NCC(=O)N/N=C\c2ccc(OC(=O)/C=C/c3ccccc3)c(OC)c2)cc1. The van der Waals surface area contributed by atoms with Crippen LogP contribution in [0.25, 0.3) is 6.08 Å². The molecule has 0 bridgehead atoms. The lowest BCUT2D eigenvalue weighted by molar-refractivity contribution is -0.129. The van der Waals surface area contributed by atoms with Crippen LogP contribution in [0.1, 0.15) is 41.3 Å². The minimum Gasteiger partial charge on any atom is -0.494 e. The Balaban J connectivity index is 1.46. The summed E-state index contributed by atoms with van der Waals surface area (Å²) in [6.07, 6.45) is 6.39. The first-order valence-electron chi connectivity index (χ1n) is 12.4. The van der Waals surface area contributed by atoms with Crippen molar-refractivity contribution >= 4 is 30.1 Å². The van der Waals surface area contributed by atoms with E-state index in [4.69, 9.17) is 14.2 Å². The van der Waals surface area contributed by atoms with Gasteiger partial charge in [-0.05, 0) is 66.1 Å². The summed E-state index contributed by atoms with van der Waals surface area (Å²) in [6.45, 7) is 2.46. The van der Waals surface area contributed by atoms with Crippen molar-refractivity contribution in [2.45, 2.75) is 19.8 Å². The molecular formula is C30H31N3O6. The lowest BCUT2D eigenvalue weighted by atomic mass is 10.2. The quantitative estimate of drug-likeness (QED) is 0.0848. The fourth-order valence-corrected chi connectivity index (χ4v) is 3.24. The number of nitrogens with zero attached hydrogens (tertiary/aromatic N) is 1. The van der Waals surface area contributed by atoms with Crippen LogP contribution in [0, 0.1) is 0 Å². The van der Waals surface area contributed by atoms with E-state index in [1.54, 1.807) is 48.5 Å². The average molecular weight is 530 g/mol. The van der Waals surface area contributed by atoms with E-state index in [2.05, 4.69) is 22.8 Å². The van der Waals surface area contributed by atoms with Crippen LogP contribution < -0.4 is 25.0 Å². The third-order valence-electron chi connectivity index (χ3n) is 5.31. The molecule has 2 N–H and O–H groups in total. The second-order valence-corrected chi connectivity index (χ2v) is 8.28. The molecule has 0 saturated carbocycles. The molecule has 9 nitrogen and oxygen atoms in total. The first kappa shape index (κ1) is 28.6. The lowest BCUT2D eigenvalue weighted by Crippen LogP contribution is -2.34. The van der Waals surface area contributed by atoms with E-state index >= 15 is 0 Å². The lowest BCUT2D eigenvalue weighted by Gasteiger charge is -2.08. The fourth-order valence-electron chi connectivity index (χ4n) is 3.24. The summed E-state index contributed by atoms with van der Waals surface area (Å²) in [7, 11) is 1.45. The number of rotatable bonds is 13. The summed E-state index contributed by atoms with van der Waals surface area (Å²) in [6, 6.07) is 20.9. The minimum atomic E-state index is -0.552. The normalized spacial score (nSPS) is 10.8. The maximum Gasteiger partial charge on any atom is 0.336 e. The van der Waals surface area contributed by atoms with Gasteiger partial charge in [-0.1, -0.05) is 43.7 Å². The average Bonchev–Trinajstić information content (AvgIpc) is 2.96. The molecule has 9 heteroatoms. The standard InChI is InChI=1S/C30H31N3O6/c1-3-4-18-38-25-14-12-24(13-15-25)30(36)31-21-28(34)33-32-20-23-10-16-26(27(19-23)37-2)39-29(35)17-11-22-8-6-5-7-9-22/h5-17,19-20H,3-4,18,21H2,1-2H3,(H,31,36)(H,33,34)/b17-11+,32-20-. The van der Waals surface area contributed by atoms with Gasteiger partial charge in [-0.3, -0.25) is 9.59 Å². The Labute approximate surface area is 227 Å². The number of ether oxygens (including phenoxy) is 3. The van der Waals surface area contributed by atoms with Crippen molar-refractivity contribution in [3.05, 3.63) is 95.6 Å². The highest BCUT2D eigenvalue weighted by atomic mass is 16.6. The molecule has 2 amide bonds. The van der Waals surface area contributed by atoms with Crippen LogP contribution in [0.2, 0.25) is 0 Å². The van der Waals surface area contributed by atoms with Gasteiger partial charge in [0.25, 0.3) is 11.8 Å². The van der Waals surface area contributed by atoms with E-state index in [0.717, 1.165) is 18.4 Å². The van der Waals surface area contributed by atoms with Crippen molar-refractivity contribution in [2.75, 3.05) is 20.3 Å². The zero-order valence-corrected chi connectivity index (χ0v) is 21.9. The molecule has 0 aliphatic rings. The molecule has 0 aliphatic heterocycles. The molecule has 0 fully saturated rings. The van der Waals surface area contributed by atoms with Crippen LogP contribution in [-0.2, 0) is 9.59 Å². The fraction of sp³-hybridized carbons (Fsp3) is 0.200. The van der Waals surface area contributed by atoms with Gasteiger partial charge < -0.3 is 19.5 Å². The number of methoxy groups -OCH3 is 1. The molecule has 0 unspecified atom stereocenters. The van der Waals surface area contributed by atoms with Gasteiger partial charge in [-0.25, -0.2) is 10.2 Å². The molecular weight excluding hydrogens is 498 g/mol. The number of hydrazone groups is 1. The van der Waals surface area contributed by atoms with Crippen molar-refractivity contribution in [2.24, 2.45) is 5.10 Å². The van der Waals surface area contributed by atoms with Crippen molar-refractivity contribution < 1.29 is 28.6 Å². The Bertz CT molecular complexity index is 1300. The summed E-state index contributed by atoms with van der Waals surface area (Å²) in [5.41, 5.74) is 4.23. The molecule has 0 atom stereocenters. The van der Waals surface area contributed by atoms with E-state index in [1.807, 2.05) is 30.3 Å². The molecule has 0 aliphatic carbocycles. The molecule has 0 spiro atoms. The molecule has 0 heterocycles. The number of carbonyl (C=O) groups is 3. The molecule has 0 aromatic heterocycles. The maximum absolute atomic E-state index is 12.3. The Morgan fingerprint density at radius 1 is 0.923 bits per heavy atom. The van der Waals surface area contributed by atoms with Crippen molar-refractivity contribution in [3.8, 4) is 17.2 Å².